The van der Waals surface area contributed by atoms with Crippen molar-refractivity contribution in [3.8, 4) is 5.69 Å². The highest BCUT2D eigenvalue weighted by Crippen LogP contribution is 2.35. The van der Waals surface area contributed by atoms with Crippen LogP contribution in [0, 0.1) is 5.92 Å². The van der Waals surface area contributed by atoms with E-state index in [4.69, 9.17) is 0 Å². The number of ketones is 1. The van der Waals surface area contributed by atoms with Crippen molar-refractivity contribution in [3.05, 3.63) is 71.4 Å². The number of carbonyl (C=O) groups excluding carboxylic acids is 1. The molecule has 1 unspecified atom stereocenters. The first-order valence-electron chi connectivity index (χ1n) is 8.97. The predicted octanol–water partition coefficient (Wildman–Crippen LogP) is 5.40. The second kappa shape index (κ2) is 6.82. The molecule has 0 saturated heterocycles. The molecule has 1 aromatic heterocycles. The highest BCUT2D eigenvalue weighted by atomic mass is 19.4. The van der Waals surface area contributed by atoms with Crippen molar-refractivity contribution in [2.75, 3.05) is 5.32 Å². The monoisotopic (exact) mass is 385 g/mol. The van der Waals surface area contributed by atoms with Crippen LogP contribution in [0.3, 0.4) is 0 Å². The first-order chi connectivity index (χ1) is 13.3. The van der Waals surface area contributed by atoms with E-state index in [9.17, 15) is 18.0 Å². The molecular formula is C21H18F3N3O. The quantitative estimate of drug-likeness (QED) is 0.657. The molecule has 28 heavy (non-hydrogen) atoms. The first kappa shape index (κ1) is 18.3. The molecule has 1 aliphatic rings. The molecule has 0 radical (unpaired) electrons. The summed E-state index contributed by atoms with van der Waals surface area (Å²) in [4.78, 5) is 12.7. The Kier molecular flexibility index (Phi) is 4.45. The van der Waals surface area contributed by atoms with Crippen molar-refractivity contribution < 1.29 is 18.0 Å². The Bertz CT molecular complexity index is 1030. The number of aromatic nitrogens is 2. The molecule has 7 heteroatoms. The van der Waals surface area contributed by atoms with Crippen molar-refractivity contribution in [2.24, 2.45) is 5.92 Å². The summed E-state index contributed by atoms with van der Waals surface area (Å²) in [6.07, 6.45) is -3.37. The zero-order valence-electron chi connectivity index (χ0n) is 15.1. The lowest BCUT2D eigenvalue weighted by Gasteiger charge is -2.19. The molecule has 0 spiro atoms. The van der Waals surface area contributed by atoms with Crippen molar-refractivity contribution in [2.45, 2.75) is 25.9 Å². The number of halogens is 3. The van der Waals surface area contributed by atoms with Crippen LogP contribution >= 0.6 is 0 Å². The third-order valence-electron chi connectivity index (χ3n) is 4.79. The summed E-state index contributed by atoms with van der Waals surface area (Å²) in [7, 11) is 0. The van der Waals surface area contributed by atoms with Gasteiger partial charge < -0.3 is 5.32 Å². The Morgan fingerprint density at radius 2 is 1.82 bits per heavy atom. The Labute approximate surface area is 160 Å². The number of hydrogen-bond donors (Lipinski definition) is 1. The van der Waals surface area contributed by atoms with E-state index in [1.165, 1.54) is 12.1 Å². The smallest absolute Gasteiger partial charge is 0.338 e. The Balaban J connectivity index is 1.79. The molecule has 1 heterocycles. The number of carbonyl (C=O) groups is 1. The van der Waals surface area contributed by atoms with Crippen LogP contribution in [0.5, 0.6) is 0 Å². The highest BCUT2D eigenvalue weighted by molar-refractivity contribution is 6.03. The second-order valence-corrected chi connectivity index (χ2v) is 7.06. The van der Waals surface area contributed by atoms with E-state index >= 15 is 0 Å². The van der Waals surface area contributed by atoms with Gasteiger partial charge in [0.05, 0.1) is 22.5 Å². The van der Waals surface area contributed by atoms with E-state index in [2.05, 4.69) is 10.4 Å². The van der Waals surface area contributed by atoms with Crippen LogP contribution < -0.4 is 5.32 Å². The topological polar surface area (TPSA) is 46.9 Å². The minimum absolute atomic E-state index is 0.0505. The Hall–Kier alpha value is -3.09. The minimum atomic E-state index is -4.44. The largest absolute Gasteiger partial charge is 0.416 e. The van der Waals surface area contributed by atoms with Crippen LogP contribution in [-0.2, 0) is 12.6 Å². The maximum absolute atomic E-state index is 13.0. The summed E-state index contributed by atoms with van der Waals surface area (Å²) in [5, 5.41) is 7.46. The summed E-state index contributed by atoms with van der Waals surface area (Å²) in [5.41, 5.74) is 1.53. The summed E-state index contributed by atoms with van der Waals surface area (Å²) < 4.78 is 40.7. The predicted molar refractivity (Wildman–Crippen MR) is 100 cm³/mol. The molecule has 2 aromatic carbocycles. The van der Waals surface area contributed by atoms with Crippen LogP contribution in [0.4, 0.5) is 24.7 Å². The summed E-state index contributed by atoms with van der Waals surface area (Å²) in [6, 6.07) is 14.3. The van der Waals surface area contributed by atoms with E-state index in [1.54, 1.807) is 4.68 Å². The zero-order chi connectivity index (χ0) is 19.9. The number of benzene rings is 2. The number of rotatable bonds is 3. The lowest BCUT2D eigenvalue weighted by atomic mass is 9.87. The lowest BCUT2D eigenvalue weighted by molar-refractivity contribution is -0.137. The Morgan fingerprint density at radius 1 is 1.07 bits per heavy atom. The molecule has 0 fully saturated rings. The SMILES string of the molecule is CC1CC(=O)c2c(Nc3cccc(C(F)(F)F)c3)nn(-c3ccccc3)c2C1. The minimum Gasteiger partial charge on any atom is -0.338 e. The molecule has 4 rings (SSSR count). The number of nitrogens with zero attached hydrogens (tertiary/aromatic N) is 2. The summed E-state index contributed by atoms with van der Waals surface area (Å²) >= 11 is 0. The standard InChI is InChI=1S/C21H18F3N3O/c1-13-10-17-19(18(28)11-13)20(26-27(17)16-8-3-2-4-9-16)25-15-7-5-6-14(12-15)21(22,23)24/h2-9,12-13H,10-11H2,1H3,(H,25,26). The van der Waals surface area contributed by atoms with Gasteiger partial charge in [0, 0.05) is 12.1 Å². The molecule has 144 valence electrons. The Morgan fingerprint density at radius 3 is 2.54 bits per heavy atom. The molecule has 1 N–H and O–H groups in total. The van der Waals surface area contributed by atoms with Gasteiger partial charge in [-0.3, -0.25) is 4.79 Å². The van der Waals surface area contributed by atoms with Gasteiger partial charge in [-0.2, -0.15) is 13.2 Å². The van der Waals surface area contributed by atoms with E-state index in [0.29, 0.717) is 18.4 Å². The van der Waals surface area contributed by atoms with E-state index < -0.39 is 11.7 Å². The molecule has 3 aromatic rings. The number of nitrogens with one attached hydrogen (secondary N) is 1. The van der Waals surface area contributed by atoms with Crippen molar-refractivity contribution in [1.82, 2.24) is 9.78 Å². The second-order valence-electron chi connectivity index (χ2n) is 7.06. The fourth-order valence-electron chi connectivity index (χ4n) is 3.54. The number of para-hydroxylation sites is 1. The summed E-state index contributed by atoms with van der Waals surface area (Å²) in [5.74, 6) is 0.418. The average Bonchev–Trinajstić information content (AvgIpc) is 3.00. The third kappa shape index (κ3) is 3.40. The molecule has 0 aliphatic heterocycles. The lowest BCUT2D eigenvalue weighted by Crippen LogP contribution is -2.19. The van der Waals surface area contributed by atoms with Crippen LogP contribution in [0.1, 0.15) is 35.0 Å². The normalized spacial score (nSPS) is 16.7. The van der Waals surface area contributed by atoms with Gasteiger partial charge in [0.15, 0.2) is 11.6 Å². The van der Waals surface area contributed by atoms with Gasteiger partial charge in [-0.05, 0) is 42.7 Å². The number of fused-ring (bicyclic) bond motifs is 1. The number of hydrogen-bond acceptors (Lipinski definition) is 3. The average molecular weight is 385 g/mol. The van der Waals surface area contributed by atoms with E-state index in [1.807, 2.05) is 37.3 Å². The third-order valence-corrected chi connectivity index (χ3v) is 4.79. The van der Waals surface area contributed by atoms with Crippen LogP contribution in [-0.4, -0.2) is 15.6 Å². The van der Waals surface area contributed by atoms with Crippen LogP contribution in [0.2, 0.25) is 0 Å². The van der Waals surface area contributed by atoms with Crippen LogP contribution in [0.15, 0.2) is 54.6 Å². The number of Topliss-reactive ketones (excluding diaryl/α,β-unsaturated/α-hetero) is 1. The molecule has 1 aliphatic carbocycles. The maximum atomic E-state index is 13.0. The van der Waals surface area contributed by atoms with E-state index in [-0.39, 0.29) is 23.2 Å². The van der Waals surface area contributed by atoms with Gasteiger partial charge in [0.2, 0.25) is 0 Å². The van der Waals surface area contributed by atoms with Gasteiger partial charge in [0.25, 0.3) is 0 Å². The molecule has 4 nitrogen and oxygen atoms in total. The molecular weight excluding hydrogens is 367 g/mol. The van der Waals surface area contributed by atoms with Crippen molar-refractivity contribution >= 4 is 17.3 Å². The van der Waals surface area contributed by atoms with Gasteiger partial charge >= 0.3 is 6.18 Å². The first-order valence-corrected chi connectivity index (χ1v) is 8.97. The fraction of sp³-hybridized carbons (Fsp3) is 0.238. The molecule has 1 atom stereocenters. The van der Waals surface area contributed by atoms with E-state index in [0.717, 1.165) is 23.5 Å². The van der Waals surface area contributed by atoms with Gasteiger partial charge in [0.1, 0.15) is 0 Å². The zero-order valence-corrected chi connectivity index (χ0v) is 15.1. The highest BCUT2D eigenvalue weighted by Gasteiger charge is 2.32. The van der Waals surface area contributed by atoms with Crippen molar-refractivity contribution in [3.63, 3.8) is 0 Å². The van der Waals surface area contributed by atoms with Gasteiger partial charge in [-0.25, -0.2) is 4.68 Å². The maximum Gasteiger partial charge on any atom is 0.416 e. The van der Waals surface area contributed by atoms with Crippen molar-refractivity contribution in [1.29, 1.82) is 0 Å². The van der Waals surface area contributed by atoms with Gasteiger partial charge in [-0.15, -0.1) is 5.10 Å². The molecule has 0 amide bonds. The number of anilines is 2. The van der Waals surface area contributed by atoms with Crippen LogP contribution in [0.25, 0.3) is 5.69 Å². The van der Waals surface area contributed by atoms with Gasteiger partial charge in [-0.1, -0.05) is 31.2 Å². The summed E-state index contributed by atoms with van der Waals surface area (Å²) in [6.45, 7) is 2.00. The number of alkyl halides is 3. The fourth-order valence-corrected chi connectivity index (χ4v) is 3.54. The molecule has 0 saturated carbocycles. The molecule has 0 bridgehead atoms.